The number of hydrogen-bond acceptors (Lipinski definition) is 4. The number of carbonyl (C=O) groups excluding carboxylic acids is 1. The molecule has 0 saturated heterocycles. The maximum atomic E-state index is 13.5. The molecule has 0 aliphatic rings. The Hall–Kier alpha value is -3.32. The number of para-hydroxylation sites is 1. The van der Waals surface area contributed by atoms with Gasteiger partial charge in [-0.05, 0) is 53.2 Å². The lowest BCUT2D eigenvalue weighted by molar-refractivity contribution is 0.0983. The van der Waals surface area contributed by atoms with E-state index in [2.05, 4.69) is 26.0 Å². The predicted molar refractivity (Wildman–Crippen MR) is 117 cm³/mol. The SMILES string of the molecule is CCN(C(=O)c1nn(-c2ccccc2)c(=O)c2ccccc12)c1ccc(Br)cn1. The minimum Gasteiger partial charge on any atom is -0.292 e. The molecule has 0 saturated carbocycles. The minimum absolute atomic E-state index is 0.204. The normalized spacial score (nSPS) is 10.8. The van der Waals surface area contributed by atoms with E-state index in [1.165, 1.54) is 4.68 Å². The lowest BCUT2D eigenvalue weighted by atomic mass is 10.1. The van der Waals surface area contributed by atoms with Crippen LogP contribution in [0, 0.1) is 0 Å². The molecule has 0 aliphatic heterocycles. The van der Waals surface area contributed by atoms with E-state index in [-0.39, 0.29) is 17.2 Å². The number of pyridine rings is 1. The maximum Gasteiger partial charge on any atom is 0.280 e. The summed E-state index contributed by atoms with van der Waals surface area (Å²) in [4.78, 5) is 32.4. The fourth-order valence-corrected chi connectivity index (χ4v) is 3.39. The molecule has 4 rings (SSSR count). The predicted octanol–water partition coefficient (Wildman–Crippen LogP) is 4.21. The molecule has 144 valence electrons. The molecule has 1 amide bonds. The van der Waals surface area contributed by atoms with Gasteiger partial charge in [-0.1, -0.05) is 36.4 Å². The van der Waals surface area contributed by atoms with E-state index in [1.807, 2.05) is 31.2 Å². The van der Waals surface area contributed by atoms with Gasteiger partial charge in [0.15, 0.2) is 5.69 Å². The van der Waals surface area contributed by atoms with Crippen LogP contribution in [0.15, 0.2) is 82.2 Å². The second kappa shape index (κ2) is 7.97. The average molecular weight is 449 g/mol. The van der Waals surface area contributed by atoms with Crippen molar-refractivity contribution >= 4 is 38.4 Å². The molecular weight excluding hydrogens is 432 g/mol. The van der Waals surface area contributed by atoms with Gasteiger partial charge in [0.1, 0.15) is 5.82 Å². The number of rotatable bonds is 4. The van der Waals surface area contributed by atoms with Gasteiger partial charge in [-0.15, -0.1) is 0 Å². The average Bonchev–Trinajstić information content (AvgIpc) is 2.76. The zero-order valence-electron chi connectivity index (χ0n) is 15.6. The lowest BCUT2D eigenvalue weighted by Gasteiger charge is -2.20. The van der Waals surface area contributed by atoms with Gasteiger partial charge >= 0.3 is 0 Å². The van der Waals surface area contributed by atoms with Crippen LogP contribution in [0.25, 0.3) is 16.5 Å². The van der Waals surface area contributed by atoms with E-state index in [0.29, 0.717) is 28.8 Å². The van der Waals surface area contributed by atoms with E-state index in [9.17, 15) is 9.59 Å². The molecule has 0 spiro atoms. The van der Waals surface area contributed by atoms with Gasteiger partial charge in [-0.25, -0.2) is 4.98 Å². The molecule has 0 aliphatic carbocycles. The van der Waals surface area contributed by atoms with Crippen molar-refractivity contribution < 1.29 is 4.79 Å². The number of nitrogens with zero attached hydrogens (tertiary/aromatic N) is 4. The summed E-state index contributed by atoms with van der Waals surface area (Å²) in [5.74, 6) is 0.201. The van der Waals surface area contributed by atoms with E-state index < -0.39 is 0 Å². The fourth-order valence-electron chi connectivity index (χ4n) is 3.16. The molecule has 6 nitrogen and oxygen atoms in total. The van der Waals surface area contributed by atoms with E-state index in [4.69, 9.17) is 0 Å². The van der Waals surface area contributed by atoms with Crippen LogP contribution in [0.1, 0.15) is 17.4 Å². The number of amides is 1. The number of aromatic nitrogens is 3. The number of fused-ring (bicyclic) bond motifs is 1. The summed E-state index contributed by atoms with van der Waals surface area (Å²) < 4.78 is 2.10. The summed E-state index contributed by atoms with van der Waals surface area (Å²) in [6.07, 6.45) is 1.64. The van der Waals surface area contributed by atoms with E-state index in [0.717, 1.165) is 4.47 Å². The Balaban J connectivity index is 1.92. The monoisotopic (exact) mass is 448 g/mol. The van der Waals surface area contributed by atoms with Gasteiger partial charge in [0.25, 0.3) is 11.5 Å². The first-order valence-corrected chi connectivity index (χ1v) is 9.90. The second-order valence-electron chi connectivity index (χ2n) is 6.33. The molecular formula is C22H17BrN4O2. The molecule has 2 heterocycles. The minimum atomic E-state index is -0.316. The lowest BCUT2D eigenvalue weighted by Crippen LogP contribution is -2.34. The first-order valence-electron chi connectivity index (χ1n) is 9.11. The fraction of sp³-hybridized carbons (Fsp3) is 0.0909. The summed E-state index contributed by atoms with van der Waals surface area (Å²) in [6, 6.07) is 19.7. The van der Waals surface area contributed by atoms with Crippen LogP contribution in [-0.2, 0) is 0 Å². The molecule has 4 aromatic rings. The number of anilines is 1. The topological polar surface area (TPSA) is 68.1 Å². The van der Waals surface area contributed by atoms with Crippen LogP contribution in [-0.4, -0.2) is 27.2 Å². The Labute approximate surface area is 175 Å². The number of halogens is 1. The standard InChI is InChI=1S/C22H17BrN4O2/c1-2-26(19-13-12-15(23)14-24-19)22(29)20-17-10-6-7-11-18(17)21(28)27(25-20)16-8-4-3-5-9-16/h3-14H,2H2,1H3. The van der Waals surface area contributed by atoms with Gasteiger partial charge in [-0.3, -0.25) is 14.5 Å². The summed E-state index contributed by atoms with van der Waals surface area (Å²) in [5.41, 5.74) is 0.533. The van der Waals surface area contributed by atoms with Gasteiger partial charge in [-0.2, -0.15) is 9.78 Å². The molecule has 0 radical (unpaired) electrons. The third kappa shape index (κ3) is 3.56. The Bertz CT molecular complexity index is 1240. The largest absolute Gasteiger partial charge is 0.292 e. The second-order valence-corrected chi connectivity index (χ2v) is 7.25. The zero-order chi connectivity index (χ0) is 20.4. The highest BCUT2D eigenvalue weighted by atomic mass is 79.9. The van der Waals surface area contributed by atoms with Gasteiger partial charge < -0.3 is 0 Å². The van der Waals surface area contributed by atoms with Crippen LogP contribution in [0.4, 0.5) is 5.82 Å². The number of benzene rings is 2. The summed E-state index contributed by atoms with van der Waals surface area (Å²) in [5, 5.41) is 5.42. The first-order chi connectivity index (χ1) is 14.1. The maximum absolute atomic E-state index is 13.5. The van der Waals surface area contributed by atoms with E-state index in [1.54, 1.807) is 53.6 Å². The Morgan fingerprint density at radius 1 is 1.00 bits per heavy atom. The molecule has 2 aromatic heterocycles. The molecule has 2 aromatic carbocycles. The molecule has 0 N–H and O–H groups in total. The number of carbonyl (C=O) groups is 1. The molecule has 0 atom stereocenters. The van der Waals surface area contributed by atoms with Crippen molar-refractivity contribution in [2.75, 3.05) is 11.4 Å². The summed E-state index contributed by atoms with van der Waals surface area (Å²) >= 11 is 3.36. The quantitative estimate of drug-likeness (QED) is 0.468. The highest BCUT2D eigenvalue weighted by molar-refractivity contribution is 9.10. The van der Waals surface area contributed by atoms with Crippen molar-refractivity contribution in [2.24, 2.45) is 0 Å². The van der Waals surface area contributed by atoms with Crippen LogP contribution in [0.2, 0.25) is 0 Å². The highest BCUT2D eigenvalue weighted by Gasteiger charge is 2.23. The Kier molecular flexibility index (Phi) is 5.22. The van der Waals surface area contributed by atoms with Gasteiger partial charge in [0.05, 0.1) is 11.1 Å². The molecule has 0 bridgehead atoms. The summed E-state index contributed by atoms with van der Waals surface area (Å²) in [6.45, 7) is 2.28. The third-order valence-electron chi connectivity index (χ3n) is 4.56. The van der Waals surface area contributed by atoms with Crippen molar-refractivity contribution in [3.8, 4) is 5.69 Å². The van der Waals surface area contributed by atoms with E-state index >= 15 is 0 Å². The molecule has 0 fully saturated rings. The van der Waals surface area contributed by atoms with Crippen LogP contribution in [0.5, 0.6) is 0 Å². The Morgan fingerprint density at radius 2 is 1.69 bits per heavy atom. The zero-order valence-corrected chi connectivity index (χ0v) is 17.2. The molecule has 0 unspecified atom stereocenters. The Morgan fingerprint density at radius 3 is 2.34 bits per heavy atom. The van der Waals surface area contributed by atoms with Crippen molar-refractivity contribution in [3.05, 3.63) is 93.4 Å². The van der Waals surface area contributed by atoms with Crippen LogP contribution < -0.4 is 10.5 Å². The third-order valence-corrected chi connectivity index (χ3v) is 5.03. The van der Waals surface area contributed by atoms with Gasteiger partial charge in [0, 0.05) is 22.6 Å². The smallest absolute Gasteiger partial charge is 0.280 e. The van der Waals surface area contributed by atoms with Crippen LogP contribution >= 0.6 is 15.9 Å². The van der Waals surface area contributed by atoms with Crippen molar-refractivity contribution in [2.45, 2.75) is 6.92 Å². The highest BCUT2D eigenvalue weighted by Crippen LogP contribution is 2.21. The van der Waals surface area contributed by atoms with Crippen molar-refractivity contribution in [3.63, 3.8) is 0 Å². The van der Waals surface area contributed by atoms with Gasteiger partial charge in [0.2, 0.25) is 0 Å². The summed E-state index contributed by atoms with van der Waals surface area (Å²) in [7, 11) is 0. The first kappa shape index (κ1) is 19.0. The molecule has 7 heteroatoms. The molecule has 29 heavy (non-hydrogen) atoms. The van der Waals surface area contributed by atoms with Crippen LogP contribution in [0.3, 0.4) is 0 Å². The van der Waals surface area contributed by atoms with Crippen molar-refractivity contribution in [1.82, 2.24) is 14.8 Å². The number of hydrogen-bond donors (Lipinski definition) is 0. The van der Waals surface area contributed by atoms with Crippen molar-refractivity contribution in [1.29, 1.82) is 0 Å².